The number of nitrogens with one attached hydrogen (secondary N) is 1. The highest BCUT2D eigenvalue weighted by molar-refractivity contribution is 6.31. The summed E-state index contributed by atoms with van der Waals surface area (Å²) in [4.78, 5) is 4.10. The zero-order chi connectivity index (χ0) is 13.1. The molecule has 1 atom stereocenters. The molecule has 0 fully saturated rings. The van der Waals surface area contributed by atoms with Gasteiger partial charge in [-0.1, -0.05) is 17.7 Å². The zero-order valence-corrected chi connectivity index (χ0v) is 11.1. The first kappa shape index (κ1) is 13.1. The Bertz CT molecular complexity index is 539. The standard InChI is InChI=1S/C13H15ClFN3/c1-16-12(13-7-17-8-18(13)2)5-9-3-4-10(15)6-11(9)14/h3-4,6-8,12,16H,5H2,1-2H3. The smallest absolute Gasteiger partial charge is 0.124 e. The Hall–Kier alpha value is -1.39. The number of nitrogens with zero attached hydrogens (tertiary/aromatic N) is 2. The fourth-order valence-corrected chi connectivity index (χ4v) is 2.21. The third kappa shape index (κ3) is 2.71. The summed E-state index contributed by atoms with van der Waals surface area (Å²) >= 11 is 6.04. The van der Waals surface area contributed by atoms with E-state index in [2.05, 4.69) is 10.3 Å². The number of likely N-dealkylation sites (N-methyl/N-ethyl adjacent to an activating group) is 1. The summed E-state index contributed by atoms with van der Waals surface area (Å²) in [5.41, 5.74) is 1.98. The molecule has 0 saturated carbocycles. The highest BCUT2D eigenvalue weighted by atomic mass is 35.5. The summed E-state index contributed by atoms with van der Waals surface area (Å²) in [7, 11) is 3.83. The van der Waals surface area contributed by atoms with Crippen LogP contribution in [-0.4, -0.2) is 16.6 Å². The first-order chi connectivity index (χ1) is 8.61. The monoisotopic (exact) mass is 267 g/mol. The van der Waals surface area contributed by atoms with E-state index >= 15 is 0 Å². The average molecular weight is 268 g/mol. The lowest BCUT2D eigenvalue weighted by atomic mass is 10.0. The molecule has 2 rings (SSSR count). The van der Waals surface area contributed by atoms with Gasteiger partial charge in [-0.05, 0) is 31.2 Å². The van der Waals surface area contributed by atoms with E-state index in [1.807, 2.05) is 24.9 Å². The van der Waals surface area contributed by atoms with Crippen molar-refractivity contribution >= 4 is 11.6 Å². The van der Waals surface area contributed by atoms with Gasteiger partial charge in [-0.25, -0.2) is 9.37 Å². The molecular formula is C13H15ClFN3. The number of halogens is 2. The molecule has 0 amide bonds. The van der Waals surface area contributed by atoms with E-state index in [1.165, 1.54) is 12.1 Å². The predicted octanol–water partition coefficient (Wildman–Crippen LogP) is 2.72. The Balaban J connectivity index is 2.23. The molecule has 1 unspecified atom stereocenters. The second-order valence-corrected chi connectivity index (χ2v) is 4.62. The Morgan fingerprint density at radius 1 is 1.50 bits per heavy atom. The SMILES string of the molecule is CNC(Cc1ccc(F)cc1Cl)c1cncn1C. The van der Waals surface area contributed by atoms with Crippen molar-refractivity contribution < 1.29 is 4.39 Å². The second-order valence-electron chi connectivity index (χ2n) is 4.21. The van der Waals surface area contributed by atoms with Crippen LogP contribution in [0.5, 0.6) is 0 Å². The Morgan fingerprint density at radius 3 is 2.83 bits per heavy atom. The molecule has 3 nitrogen and oxygen atoms in total. The van der Waals surface area contributed by atoms with Gasteiger partial charge in [0.1, 0.15) is 5.82 Å². The van der Waals surface area contributed by atoms with Crippen LogP contribution in [0.3, 0.4) is 0 Å². The lowest BCUT2D eigenvalue weighted by Gasteiger charge is -2.17. The van der Waals surface area contributed by atoms with Crippen LogP contribution in [0.1, 0.15) is 17.3 Å². The van der Waals surface area contributed by atoms with Crippen LogP contribution in [-0.2, 0) is 13.5 Å². The molecule has 18 heavy (non-hydrogen) atoms. The molecule has 0 aliphatic heterocycles. The van der Waals surface area contributed by atoms with Crippen LogP contribution in [0.2, 0.25) is 5.02 Å². The molecule has 2 aromatic rings. The van der Waals surface area contributed by atoms with Gasteiger partial charge < -0.3 is 9.88 Å². The molecule has 0 bridgehead atoms. The number of rotatable bonds is 4. The third-order valence-corrected chi connectivity index (χ3v) is 3.35. The van der Waals surface area contributed by atoms with E-state index in [0.29, 0.717) is 11.4 Å². The number of aryl methyl sites for hydroxylation is 1. The van der Waals surface area contributed by atoms with Gasteiger partial charge >= 0.3 is 0 Å². The molecule has 5 heteroatoms. The van der Waals surface area contributed by atoms with Crippen molar-refractivity contribution in [2.75, 3.05) is 7.05 Å². The lowest BCUT2D eigenvalue weighted by molar-refractivity contribution is 0.554. The minimum absolute atomic E-state index is 0.0976. The van der Waals surface area contributed by atoms with Crippen molar-refractivity contribution in [2.24, 2.45) is 7.05 Å². The number of hydrogen-bond acceptors (Lipinski definition) is 2. The molecular weight excluding hydrogens is 253 g/mol. The highest BCUT2D eigenvalue weighted by Crippen LogP contribution is 2.23. The van der Waals surface area contributed by atoms with Gasteiger partial charge in [-0.2, -0.15) is 0 Å². The average Bonchev–Trinajstić information content (AvgIpc) is 2.75. The minimum Gasteiger partial charge on any atom is -0.336 e. The molecule has 0 radical (unpaired) electrons. The van der Waals surface area contributed by atoms with E-state index in [9.17, 15) is 4.39 Å². The van der Waals surface area contributed by atoms with Crippen LogP contribution in [0.15, 0.2) is 30.7 Å². The van der Waals surface area contributed by atoms with E-state index in [4.69, 9.17) is 11.6 Å². The summed E-state index contributed by atoms with van der Waals surface area (Å²) in [5, 5.41) is 3.68. The fraction of sp³-hybridized carbons (Fsp3) is 0.308. The van der Waals surface area contributed by atoms with Gasteiger partial charge in [-0.15, -0.1) is 0 Å². The first-order valence-corrected chi connectivity index (χ1v) is 6.07. The van der Waals surface area contributed by atoms with E-state index in [0.717, 1.165) is 11.3 Å². The number of benzene rings is 1. The van der Waals surface area contributed by atoms with E-state index < -0.39 is 0 Å². The quantitative estimate of drug-likeness (QED) is 0.923. The van der Waals surface area contributed by atoms with Crippen molar-refractivity contribution in [1.29, 1.82) is 0 Å². The van der Waals surface area contributed by atoms with Gasteiger partial charge in [0, 0.05) is 18.3 Å². The summed E-state index contributed by atoms with van der Waals surface area (Å²) in [6.07, 6.45) is 4.26. The van der Waals surface area contributed by atoms with Crippen molar-refractivity contribution in [3.8, 4) is 0 Å². The molecule has 0 aliphatic carbocycles. The normalized spacial score (nSPS) is 12.7. The van der Waals surface area contributed by atoms with Crippen LogP contribution < -0.4 is 5.32 Å². The number of hydrogen-bond donors (Lipinski definition) is 1. The highest BCUT2D eigenvalue weighted by Gasteiger charge is 2.15. The topological polar surface area (TPSA) is 29.9 Å². The fourth-order valence-electron chi connectivity index (χ4n) is 1.96. The summed E-state index contributed by atoms with van der Waals surface area (Å²) in [6, 6.07) is 4.59. The maximum absolute atomic E-state index is 13.0. The molecule has 1 aromatic carbocycles. The largest absolute Gasteiger partial charge is 0.336 e. The van der Waals surface area contributed by atoms with Crippen LogP contribution in [0, 0.1) is 5.82 Å². The molecule has 1 aromatic heterocycles. The molecule has 0 saturated heterocycles. The molecule has 1 N–H and O–H groups in total. The van der Waals surface area contributed by atoms with Crippen molar-refractivity contribution in [3.63, 3.8) is 0 Å². The number of imidazole rings is 1. The summed E-state index contributed by atoms with van der Waals surface area (Å²) in [6.45, 7) is 0. The van der Waals surface area contributed by atoms with Gasteiger partial charge in [0.25, 0.3) is 0 Å². The Kier molecular flexibility index (Phi) is 3.99. The van der Waals surface area contributed by atoms with Crippen LogP contribution in [0.25, 0.3) is 0 Å². The number of aromatic nitrogens is 2. The van der Waals surface area contributed by atoms with E-state index in [-0.39, 0.29) is 11.9 Å². The maximum Gasteiger partial charge on any atom is 0.124 e. The lowest BCUT2D eigenvalue weighted by Crippen LogP contribution is -2.21. The molecule has 1 heterocycles. The van der Waals surface area contributed by atoms with Gasteiger partial charge in [0.2, 0.25) is 0 Å². The maximum atomic E-state index is 13.0. The van der Waals surface area contributed by atoms with Crippen LogP contribution in [0.4, 0.5) is 4.39 Å². The summed E-state index contributed by atoms with van der Waals surface area (Å²) < 4.78 is 14.9. The zero-order valence-electron chi connectivity index (χ0n) is 10.3. The second kappa shape index (κ2) is 5.50. The first-order valence-electron chi connectivity index (χ1n) is 5.69. The molecule has 96 valence electrons. The van der Waals surface area contributed by atoms with Gasteiger partial charge in [0.05, 0.1) is 18.1 Å². The van der Waals surface area contributed by atoms with Crippen LogP contribution >= 0.6 is 11.6 Å². The minimum atomic E-state index is -0.315. The third-order valence-electron chi connectivity index (χ3n) is 3.00. The van der Waals surface area contributed by atoms with Crippen molar-refractivity contribution in [1.82, 2.24) is 14.9 Å². The van der Waals surface area contributed by atoms with Gasteiger partial charge in [0.15, 0.2) is 0 Å². The molecule has 0 aliphatic rings. The van der Waals surface area contributed by atoms with Crippen molar-refractivity contribution in [3.05, 3.63) is 52.8 Å². The van der Waals surface area contributed by atoms with E-state index in [1.54, 1.807) is 12.4 Å². The van der Waals surface area contributed by atoms with Gasteiger partial charge in [-0.3, -0.25) is 0 Å². The van der Waals surface area contributed by atoms with Crippen molar-refractivity contribution in [2.45, 2.75) is 12.5 Å². The summed E-state index contributed by atoms with van der Waals surface area (Å²) in [5.74, 6) is -0.315. The Morgan fingerprint density at radius 2 is 2.28 bits per heavy atom. The Labute approximate surface area is 111 Å². The molecule has 0 spiro atoms. The predicted molar refractivity (Wildman–Crippen MR) is 70.1 cm³/mol.